The molecule has 1 aromatic carbocycles. The number of hydrazone groups is 1. The molecule has 0 aromatic heterocycles. The Hall–Kier alpha value is -2.90. The van der Waals surface area contributed by atoms with Crippen molar-refractivity contribution < 1.29 is 19.1 Å². The van der Waals surface area contributed by atoms with Crippen LogP contribution in [0.2, 0.25) is 0 Å². The van der Waals surface area contributed by atoms with Gasteiger partial charge in [0.2, 0.25) is 5.91 Å². The molecule has 2 aliphatic rings. The SMILES string of the molecule is O=C1CCC(C(=O)NCCC2CN(c3ccccc3)C(=O)O2)=NN1. The summed E-state index contributed by atoms with van der Waals surface area (Å²) in [6, 6.07) is 9.30. The summed E-state index contributed by atoms with van der Waals surface area (Å²) in [7, 11) is 0. The fraction of sp³-hybridized carbons (Fsp3) is 0.375. The maximum Gasteiger partial charge on any atom is 0.414 e. The normalized spacial score (nSPS) is 20.2. The van der Waals surface area contributed by atoms with Gasteiger partial charge in [0.1, 0.15) is 11.8 Å². The molecule has 8 heteroatoms. The number of hydrogen-bond donors (Lipinski definition) is 2. The topological polar surface area (TPSA) is 100 Å². The molecule has 1 unspecified atom stereocenters. The highest BCUT2D eigenvalue weighted by molar-refractivity contribution is 6.39. The minimum absolute atomic E-state index is 0.189. The molecule has 24 heavy (non-hydrogen) atoms. The lowest BCUT2D eigenvalue weighted by atomic mass is 10.1. The van der Waals surface area contributed by atoms with Crippen LogP contribution in [0.3, 0.4) is 0 Å². The second-order valence-corrected chi connectivity index (χ2v) is 5.59. The van der Waals surface area contributed by atoms with Crippen molar-refractivity contribution >= 4 is 29.3 Å². The van der Waals surface area contributed by atoms with Gasteiger partial charge in [0.05, 0.1) is 6.54 Å². The molecule has 1 fully saturated rings. The van der Waals surface area contributed by atoms with Gasteiger partial charge >= 0.3 is 6.09 Å². The molecule has 0 spiro atoms. The van der Waals surface area contributed by atoms with Gasteiger partial charge in [-0.3, -0.25) is 14.5 Å². The summed E-state index contributed by atoms with van der Waals surface area (Å²) in [5, 5.41) is 6.47. The van der Waals surface area contributed by atoms with Gasteiger partial charge in [0.25, 0.3) is 5.91 Å². The summed E-state index contributed by atoms with van der Waals surface area (Å²) < 4.78 is 5.32. The Labute approximate surface area is 138 Å². The van der Waals surface area contributed by atoms with Gasteiger partial charge in [-0.05, 0) is 12.1 Å². The van der Waals surface area contributed by atoms with Crippen LogP contribution in [0, 0.1) is 0 Å². The molecule has 2 N–H and O–H groups in total. The van der Waals surface area contributed by atoms with E-state index in [-0.39, 0.29) is 30.4 Å². The standard InChI is InChI=1S/C16H18N4O4/c21-14-7-6-13(18-19-14)15(22)17-9-8-12-10-20(16(23)24-12)11-4-2-1-3-5-11/h1-5,12H,6-10H2,(H,17,22)(H,19,21). The number of rotatable bonds is 5. The third-order valence-electron chi connectivity index (χ3n) is 3.86. The number of anilines is 1. The van der Waals surface area contributed by atoms with E-state index in [0.29, 0.717) is 31.6 Å². The number of nitrogens with zero attached hydrogens (tertiary/aromatic N) is 2. The zero-order valence-electron chi connectivity index (χ0n) is 13.0. The number of benzene rings is 1. The lowest BCUT2D eigenvalue weighted by molar-refractivity contribution is -0.121. The molecule has 1 atom stereocenters. The number of amides is 3. The van der Waals surface area contributed by atoms with Crippen molar-refractivity contribution in [1.29, 1.82) is 0 Å². The van der Waals surface area contributed by atoms with E-state index in [2.05, 4.69) is 15.8 Å². The number of cyclic esters (lactones) is 1. The Balaban J connectivity index is 1.45. The van der Waals surface area contributed by atoms with Gasteiger partial charge < -0.3 is 10.1 Å². The van der Waals surface area contributed by atoms with Crippen molar-refractivity contribution in [1.82, 2.24) is 10.7 Å². The molecule has 0 saturated carbocycles. The van der Waals surface area contributed by atoms with Crippen molar-refractivity contribution in [3.63, 3.8) is 0 Å². The summed E-state index contributed by atoms with van der Waals surface area (Å²) >= 11 is 0. The van der Waals surface area contributed by atoms with E-state index in [0.717, 1.165) is 5.69 Å². The van der Waals surface area contributed by atoms with E-state index in [1.807, 2.05) is 30.3 Å². The highest BCUT2D eigenvalue weighted by Gasteiger charge is 2.32. The van der Waals surface area contributed by atoms with Crippen molar-refractivity contribution in [3.05, 3.63) is 30.3 Å². The van der Waals surface area contributed by atoms with Gasteiger partial charge in [-0.2, -0.15) is 5.10 Å². The Morgan fingerprint density at radius 1 is 1.29 bits per heavy atom. The van der Waals surface area contributed by atoms with Crippen LogP contribution in [0.5, 0.6) is 0 Å². The zero-order chi connectivity index (χ0) is 16.9. The zero-order valence-corrected chi connectivity index (χ0v) is 13.0. The van der Waals surface area contributed by atoms with Crippen molar-refractivity contribution in [3.8, 4) is 0 Å². The number of carbonyl (C=O) groups is 3. The molecule has 0 bridgehead atoms. The third-order valence-corrected chi connectivity index (χ3v) is 3.86. The summed E-state index contributed by atoms with van der Waals surface area (Å²) in [4.78, 5) is 36.4. The average Bonchev–Trinajstić information content (AvgIpc) is 2.97. The summed E-state index contributed by atoms with van der Waals surface area (Å²) in [5.41, 5.74) is 3.39. The van der Waals surface area contributed by atoms with Crippen LogP contribution >= 0.6 is 0 Å². The second-order valence-electron chi connectivity index (χ2n) is 5.59. The summed E-state index contributed by atoms with van der Waals surface area (Å²) in [6.45, 7) is 0.822. The molecule has 0 radical (unpaired) electrons. The first-order chi connectivity index (χ1) is 11.6. The van der Waals surface area contributed by atoms with Gasteiger partial charge in [-0.15, -0.1) is 0 Å². The van der Waals surface area contributed by atoms with Crippen LogP contribution in [0.4, 0.5) is 10.5 Å². The Kier molecular flexibility index (Phi) is 4.74. The maximum absolute atomic E-state index is 11.9. The third kappa shape index (κ3) is 3.70. The second kappa shape index (κ2) is 7.12. The number of nitrogens with one attached hydrogen (secondary N) is 2. The Morgan fingerprint density at radius 2 is 2.08 bits per heavy atom. The van der Waals surface area contributed by atoms with Crippen molar-refractivity contribution in [2.45, 2.75) is 25.4 Å². The van der Waals surface area contributed by atoms with E-state index in [1.165, 1.54) is 0 Å². The first kappa shape index (κ1) is 16.0. The molecule has 1 aromatic rings. The molecule has 2 heterocycles. The van der Waals surface area contributed by atoms with Crippen LogP contribution in [-0.4, -0.2) is 42.8 Å². The summed E-state index contributed by atoms with van der Waals surface area (Å²) in [6.07, 6.45) is 0.458. The smallest absolute Gasteiger partial charge is 0.414 e. The number of carbonyl (C=O) groups excluding carboxylic acids is 3. The largest absolute Gasteiger partial charge is 0.444 e. The predicted octanol–water partition coefficient (Wildman–Crippen LogP) is 0.784. The molecule has 0 aliphatic carbocycles. The van der Waals surface area contributed by atoms with Crippen LogP contribution in [0.25, 0.3) is 0 Å². The van der Waals surface area contributed by atoms with Gasteiger partial charge in [0, 0.05) is 31.5 Å². The van der Waals surface area contributed by atoms with E-state index in [9.17, 15) is 14.4 Å². The molecular weight excluding hydrogens is 312 g/mol. The van der Waals surface area contributed by atoms with E-state index >= 15 is 0 Å². The maximum atomic E-state index is 11.9. The highest BCUT2D eigenvalue weighted by Crippen LogP contribution is 2.22. The molecule has 1 saturated heterocycles. The first-order valence-electron chi connectivity index (χ1n) is 7.80. The van der Waals surface area contributed by atoms with Crippen LogP contribution in [0.15, 0.2) is 35.4 Å². The molecule has 8 nitrogen and oxygen atoms in total. The average molecular weight is 330 g/mol. The minimum atomic E-state index is -0.378. The van der Waals surface area contributed by atoms with Crippen molar-refractivity contribution in [2.24, 2.45) is 5.10 Å². The minimum Gasteiger partial charge on any atom is -0.444 e. The van der Waals surface area contributed by atoms with E-state index < -0.39 is 0 Å². The van der Waals surface area contributed by atoms with Crippen LogP contribution in [-0.2, 0) is 14.3 Å². The van der Waals surface area contributed by atoms with E-state index in [4.69, 9.17) is 4.74 Å². The number of ether oxygens (including phenoxy) is 1. The predicted molar refractivity (Wildman–Crippen MR) is 86.5 cm³/mol. The molecular formula is C16H18N4O4. The summed E-state index contributed by atoms with van der Waals surface area (Å²) in [5.74, 6) is -0.496. The highest BCUT2D eigenvalue weighted by atomic mass is 16.6. The quantitative estimate of drug-likeness (QED) is 0.833. The van der Waals surface area contributed by atoms with Crippen LogP contribution in [0.1, 0.15) is 19.3 Å². The molecule has 126 valence electrons. The van der Waals surface area contributed by atoms with Crippen LogP contribution < -0.4 is 15.6 Å². The Bertz CT molecular complexity index is 674. The van der Waals surface area contributed by atoms with Gasteiger partial charge in [-0.25, -0.2) is 10.2 Å². The van der Waals surface area contributed by atoms with E-state index in [1.54, 1.807) is 4.90 Å². The fourth-order valence-electron chi connectivity index (χ4n) is 2.58. The first-order valence-corrected chi connectivity index (χ1v) is 7.80. The lowest BCUT2D eigenvalue weighted by Crippen LogP contribution is -2.38. The Morgan fingerprint density at radius 3 is 2.79 bits per heavy atom. The molecule has 2 aliphatic heterocycles. The molecule has 3 amide bonds. The number of para-hydroxylation sites is 1. The molecule has 3 rings (SSSR count). The number of hydrogen-bond acceptors (Lipinski definition) is 5. The monoisotopic (exact) mass is 330 g/mol. The van der Waals surface area contributed by atoms with Crippen molar-refractivity contribution in [2.75, 3.05) is 18.0 Å². The fourth-order valence-corrected chi connectivity index (χ4v) is 2.58. The van der Waals surface area contributed by atoms with Gasteiger partial charge in [-0.1, -0.05) is 18.2 Å². The van der Waals surface area contributed by atoms with Gasteiger partial charge in [0.15, 0.2) is 0 Å². The lowest BCUT2D eigenvalue weighted by Gasteiger charge is -2.13.